The highest BCUT2D eigenvalue weighted by atomic mass is 32.2. The predicted octanol–water partition coefficient (Wildman–Crippen LogP) is 4.34. The third-order valence-electron chi connectivity index (χ3n) is 5.75. The largest absolute Gasteiger partial charge is 0.493 e. The van der Waals surface area contributed by atoms with E-state index in [9.17, 15) is 21.6 Å². The lowest BCUT2D eigenvalue weighted by Gasteiger charge is -2.25. The van der Waals surface area contributed by atoms with Crippen LogP contribution in [0.15, 0.2) is 113 Å². The minimum atomic E-state index is -4.15. The number of carbonyl (C=O) groups is 1. The Balaban J connectivity index is 1.57. The summed E-state index contributed by atoms with van der Waals surface area (Å²) in [5.74, 6) is 0.0337. The minimum Gasteiger partial charge on any atom is -0.493 e. The van der Waals surface area contributed by atoms with Gasteiger partial charge in [0, 0.05) is 17.4 Å². The number of methoxy groups -OCH3 is 2. The maximum atomic E-state index is 13.6. The normalized spacial score (nSPS) is 11.3. The van der Waals surface area contributed by atoms with E-state index in [0.717, 1.165) is 4.31 Å². The SMILES string of the molecule is COc1ccc(N(CC(=O)Nc2ccc(S(=O)(=O)Nc3ccccc3)cc2)S(=O)(=O)c2ccccc2)cc1OC. The van der Waals surface area contributed by atoms with E-state index in [-0.39, 0.29) is 26.9 Å². The van der Waals surface area contributed by atoms with Crippen molar-refractivity contribution in [2.24, 2.45) is 0 Å². The summed E-state index contributed by atoms with van der Waals surface area (Å²) in [5.41, 5.74) is 0.882. The van der Waals surface area contributed by atoms with Crippen molar-refractivity contribution < 1.29 is 31.1 Å². The number of hydrogen-bond donors (Lipinski definition) is 2. The Labute approximate surface area is 233 Å². The van der Waals surface area contributed by atoms with E-state index in [1.165, 1.54) is 62.8 Å². The van der Waals surface area contributed by atoms with Gasteiger partial charge < -0.3 is 14.8 Å². The summed E-state index contributed by atoms with van der Waals surface area (Å²) < 4.78 is 66.6. The fourth-order valence-electron chi connectivity index (χ4n) is 3.78. The van der Waals surface area contributed by atoms with Gasteiger partial charge in [-0.25, -0.2) is 16.8 Å². The molecule has 1 amide bonds. The number of para-hydroxylation sites is 1. The van der Waals surface area contributed by atoms with Gasteiger partial charge in [0.15, 0.2) is 11.5 Å². The highest BCUT2D eigenvalue weighted by Crippen LogP contribution is 2.33. The molecule has 0 atom stereocenters. The van der Waals surface area contributed by atoms with Crippen LogP contribution in [0, 0.1) is 0 Å². The van der Waals surface area contributed by atoms with Crippen molar-refractivity contribution in [1.29, 1.82) is 0 Å². The monoisotopic (exact) mass is 581 g/mol. The molecule has 4 rings (SSSR count). The molecule has 0 aromatic heterocycles. The molecule has 0 aliphatic heterocycles. The summed E-state index contributed by atoms with van der Waals surface area (Å²) in [4.78, 5) is 13.1. The van der Waals surface area contributed by atoms with Crippen LogP contribution in [0.2, 0.25) is 0 Å². The fourth-order valence-corrected chi connectivity index (χ4v) is 6.28. The van der Waals surface area contributed by atoms with Gasteiger partial charge in [0.1, 0.15) is 6.54 Å². The van der Waals surface area contributed by atoms with Crippen LogP contribution < -0.4 is 23.8 Å². The molecule has 0 saturated carbocycles. The zero-order valence-corrected chi connectivity index (χ0v) is 23.3. The minimum absolute atomic E-state index is 0.00180. The molecule has 0 bridgehead atoms. The van der Waals surface area contributed by atoms with Gasteiger partial charge in [-0.15, -0.1) is 0 Å². The highest BCUT2D eigenvalue weighted by Gasteiger charge is 2.28. The van der Waals surface area contributed by atoms with Crippen molar-refractivity contribution in [2.45, 2.75) is 9.79 Å². The van der Waals surface area contributed by atoms with Gasteiger partial charge in [-0.3, -0.25) is 13.8 Å². The Morgan fingerprint density at radius 1 is 0.700 bits per heavy atom. The van der Waals surface area contributed by atoms with Gasteiger partial charge in [0.05, 0.1) is 29.7 Å². The third kappa shape index (κ3) is 6.53. The quantitative estimate of drug-likeness (QED) is 0.269. The first-order valence-electron chi connectivity index (χ1n) is 11.9. The molecule has 12 heteroatoms. The highest BCUT2D eigenvalue weighted by molar-refractivity contribution is 7.93. The van der Waals surface area contributed by atoms with Crippen molar-refractivity contribution in [2.75, 3.05) is 35.1 Å². The molecule has 208 valence electrons. The lowest BCUT2D eigenvalue weighted by atomic mass is 10.2. The van der Waals surface area contributed by atoms with Crippen molar-refractivity contribution in [3.8, 4) is 11.5 Å². The lowest BCUT2D eigenvalue weighted by molar-refractivity contribution is -0.114. The Bertz CT molecular complexity index is 1680. The van der Waals surface area contributed by atoms with E-state index >= 15 is 0 Å². The zero-order valence-electron chi connectivity index (χ0n) is 21.6. The van der Waals surface area contributed by atoms with Gasteiger partial charge >= 0.3 is 0 Å². The van der Waals surface area contributed by atoms with Crippen molar-refractivity contribution in [3.05, 3.63) is 103 Å². The molecule has 4 aromatic rings. The molecule has 4 aromatic carbocycles. The van der Waals surface area contributed by atoms with Crippen LogP contribution >= 0.6 is 0 Å². The molecular weight excluding hydrogens is 554 g/mol. The van der Waals surface area contributed by atoms with Crippen LogP contribution in [-0.4, -0.2) is 43.5 Å². The molecule has 2 N–H and O–H groups in total. The third-order valence-corrected chi connectivity index (χ3v) is 8.93. The van der Waals surface area contributed by atoms with E-state index in [2.05, 4.69) is 10.0 Å². The number of nitrogens with one attached hydrogen (secondary N) is 2. The number of benzene rings is 4. The molecular formula is C28H27N3O7S2. The Hall–Kier alpha value is -4.55. The van der Waals surface area contributed by atoms with E-state index in [4.69, 9.17) is 9.47 Å². The average Bonchev–Trinajstić information content (AvgIpc) is 2.96. The van der Waals surface area contributed by atoms with Crippen LogP contribution in [0.4, 0.5) is 17.1 Å². The van der Waals surface area contributed by atoms with Crippen molar-refractivity contribution in [3.63, 3.8) is 0 Å². The first-order chi connectivity index (χ1) is 19.1. The van der Waals surface area contributed by atoms with Crippen LogP contribution in [0.1, 0.15) is 0 Å². The maximum absolute atomic E-state index is 13.6. The molecule has 0 saturated heterocycles. The second kappa shape index (κ2) is 12.1. The Kier molecular flexibility index (Phi) is 8.61. The number of nitrogens with zero attached hydrogens (tertiary/aromatic N) is 1. The van der Waals surface area contributed by atoms with Gasteiger partial charge in [0.25, 0.3) is 20.0 Å². The standard InChI is InChI=1S/C28H27N3O7S2/c1-37-26-18-15-23(19-27(26)38-2)31(40(35,36)25-11-7-4-8-12-25)20-28(32)29-21-13-16-24(17-14-21)39(33,34)30-22-9-5-3-6-10-22/h3-19,30H,20H2,1-2H3,(H,29,32). The summed E-state index contributed by atoms with van der Waals surface area (Å²) in [5, 5.41) is 2.63. The Morgan fingerprint density at radius 2 is 1.30 bits per heavy atom. The second-order valence-electron chi connectivity index (χ2n) is 8.41. The van der Waals surface area contributed by atoms with Crippen LogP contribution in [0.5, 0.6) is 11.5 Å². The number of ether oxygens (including phenoxy) is 2. The number of rotatable bonds is 11. The van der Waals surface area contributed by atoms with Crippen LogP contribution in [-0.2, 0) is 24.8 Å². The summed E-state index contributed by atoms with van der Waals surface area (Å²) in [7, 11) is -5.13. The lowest BCUT2D eigenvalue weighted by Crippen LogP contribution is -2.38. The van der Waals surface area contributed by atoms with Gasteiger partial charge in [-0.05, 0) is 60.7 Å². The maximum Gasteiger partial charge on any atom is 0.264 e. The van der Waals surface area contributed by atoms with Gasteiger partial charge in [0.2, 0.25) is 5.91 Å². The number of carbonyl (C=O) groups excluding carboxylic acids is 1. The molecule has 10 nitrogen and oxygen atoms in total. The molecule has 0 aliphatic carbocycles. The summed E-state index contributed by atoms with van der Waals surface area (Å²) in [6.07, 6.45) is 0. The summed E-state index contributed by atoms with van der Waals surface area (Å²) in [6.45, 7) is -0.567. The zero-order chi connectivity index (χ0) is 28.8. The van der Waals surface area contributed by atoms with E-state index in [0.29, 0.717) is 11.4 Å². The predicted molar refractivity (Wildman–Crippen MR) is 153 cm³/mol. The number of hydrogen-bond acceptors (Lipinski definition) is 7. The van der Waals surface area contributed by atoms with Crippen LogP contribution in [0.25, 0.3) is 0 Å². The first-order valence-corrected chi connectivity index (χ1v) is 14.8. The molecule has 0 spiro atoms. The Morgan fingerprint density at radius 3 is 1.90 bits per heavy atom. The molecule has 0 radical (unpaired) electrons. The smallest absolute Gasteiger partial charge is 0.264 e. The summed E-state index contributed by atoms with van der Waals surface area (Å²) in [6, 6.07) is 26.2. The first kappa shape index (κ1) is 28.5. The fraction of sp³-hybridized carbons (Fsp3) is 0.107. The molecule has 0 heterocycles. The van der Waals surface area contributed by atoms with Crippen molar-refractivity contribution in [1.82, 2.24) is 0 Å². The summed E-state index contributed by atoms with van der Waals surface area (Å²) >= 11 is 0. The van der Waals surface area contributed by atoms with E-state index in [1.54, 1.807) is 54.6 Å². The topological polar surface area (TPSA) is 131 Å². The number of sulfonamides is 2. The van der Waals surface area contributed by atoms with Crippen molar-refractivity contribution >= 4 is 43.0 Å². The number of amides is 1. The average molecular weight is 582 g/mol. The molecule has 40 heavy (non-hydrogen) atoms. The molecule has 0 aliphatic rings. The molecule has 0 fully saturated rings. The van der Waals surface area contributed by atoms with E-state index in [1.807, 2.05) is 0 Å². The van der Waals surface area contributed by atoms with E-state index < -0.39 is 32.5 Å². The second-order valence-corrected chi connectivity index (χ2v) is 12.0. The van der Waals surface area contributed by atoms with Gasteiger partial charge in [-0.1, -0.05) is 36.4 Å². The number of anilines is 3. The van der Waals surface area contributed by atoms with Gasteiger partial charge in [-0.2, -0.15) is 0 Å². The molecule has 0 unspecified atom stereocenters. The van der Waals surface area contributed by atoms with Crippen LogP contribution in [0.3, 0.4) is 0 Å².